The van der Waals surface area contributed by atoms with Gasteiger partial charge >= 0.3 is 6.09 Å². The minimum absolute atomic E-state index is 0.0760. The lowest BCUT2D eigenvalue weighted by Gasteiger charge is -2.38. The largest absolute Gasteiger partial charge is 0.444 e. The van der Waals surface area contributed by atoms with Gasteiger partial charge in [0.05, 0.1) is 6.10 Å². The summed E-state index contributed by atoms with van der Waals surface area (Å²) < 4.78 is 12.3. The summed E-state index contributed by atoms with van der Waals surface area (Å²) in [6.07, 6.45) is 1.54. The van der Waals surface area contributed by atoms with E-state index in [-0.39, 0.29) is 23.3 Å². The molecule has 0 N–H and O–H groups in total. The first-order chi connectivity index (χ1) is 12.3. The summed E-state index contributed by atoms with van der Waals surface area (Å²) in [5.41, 5.74) is 0.747. The highest BCUT2D eigenvalue weighted by molar-refractivity contribution is 6.74. The molecule has 0 radical (unpaired) electrons. The van der Waals surface area contributed by atoms with Crippen molar-refractivity contribution >= 4 is 14.4 Å². The number of nitrogens with zero attached hydrogens (tertiary/aromatic N) is 1. The number of hydrogen-bond acceptors (Lipinski definition) is 3. The minimum Gasteiger partial charge on any atom is -0.444 e. The van der Waals surface area contributed by atoms with E-state index >= 15 is 0 Å². The molecule has 0 saturated carbocycles. The van der Waals surface area contributed by atoms with E-state index in [0.717, 1.165) is 12.8 Å². The maximum atomic E-state index is 12.8. The average Bonchev–Trinajstić information content (AvgIpc) is 2.87. The molecule has 152 valence electrons. The highest BCUT2D eigenvalue weighted by atomic mass is 28.4. The Labute approximate surface area is 166 Å². The van der Waals surface area contributed by atoms with Crippen molar-refractivity contribution in [2.75, 3.05) is 6.54 Å². The first-order valence-corrected chi connectivity index (χ1v) is 12.9. The van der Waals surface area contributed by atoms with Crippen molar-refractivity contribution in [3.8, 4) is 0 Å². The van der Waals surface area contributed by atoms with Crippen molar-refractivity contribution in [1.29, 1.82) is 0 Å². The van der Waals surface area contributed by atoms with Crippen LogP contribution in [0.3, 0.4) is 0 Å². The first kappa shape index (κ1) is 22.0. The van der Waals surface area contributed by atoms with Crippen molar-refractivity contribution in [2.24, 2.45) is 0 Å². The van der Waals surface area contributed by atoms with Gasteiger partial charge in [0.25, 0.3) is 0 Å². The zero-order valence-corrected chi connectivity index (χ0v) is 19.3. The monoisotopic (exact) mass is 391 g/mol. The molecule has 1 aromatic carbocycles. The zero-order chi connectivity index (χ0) is 20.5. The normalized spacial score (nSPS) is 21.4. The lowest BCUT2D eigenvalue weighted by Crippen LogP contribution is -2.45. The summed E-state index contributed by atoms with van der Waals surface area (Å²) in [7, 11) is -1.88. The zero-order valence-electron chi connectivity index (χ0n) is 18.3. The number of rotatable bonds is 4. The molecule has 2 rings (SSSR count). The topological polar surface area (TPSA) is 38.8 Å². The lowest BCUT2D eigenvalue weighted by molar-refractivity contribution is 0.0211. The fourth-order valence-corrected chi connectivity index (χ4v) is 4.53. The van der Waals surface area contributed by atoms with Crippen LogP contribution in [0.25, 0.3) is 0 Å². The fourth-order valence-electron chi connectivity index (χ4n) is 3.18. The molecule has 1 fully saturated rings. The van der Waals surface area contributed by atoms with E-state index in [9.17, 15) is 4.79 Å². The summed E-state index contributed by atoms with van der Waals surface area (Å²) in [5, 5.41) is 0.154. The minimum atomic E-state index is -1.88. The molecule has 4 nitrogen and oxygen atoms in total. The van der Waals surface area contributed by atoms with Crippen LogP contribution in [-0.2, 0) is 15.6 Å². The number of hydrogen-bond donors (Lipinski definition) is 0. The third kappa shape index (κ3) is 6.08. The molecule has 0 aromatic heterocycles. The third-order valence-electron chi connectivity index (χ3n) is 5.59. The highest BCUT2D eigenvalue weighted by Gasteiger charge is 2.44. The second-order valence-electron chi connectivity index (χ2n) is 10.2. The summed E-state index contributed by atoms with van der Waals surface area (Å²) >= 11 is 0. The molecule has 5 heteroatoms. The molecular formula is C22H37NO3Si. The van der Waals surface area contributed by atoms with Gasteiger partial charge in [-0.05, 0) is 57.3 Å². The van der Waals surface area contributed by atoms with E-state index in [4.69, 9.17) is 9.16 Å². The summed E-state index contributed by atoms with van der Waals surface area (Å²) in [6, 6.07) is 10.5. The van der Waals surface area contributed by atoms with E-state index in [2.05, 4.69) is 46.0 Å². The van der Waals surface area contributed by atoms with Crippen LogP contribution in [0.15, 0.2) is 30.3 Å². The van der Waals surface area contributed by atoms with E-state index in [0.29, 0.717) is 6.54 Å². The van der Waals surface area contributed by atoms with Gasteiger partial charge in [-0.25, -0.2) is 4.79 Å². The van der Waals surface area contributed by atoms with Gasteiger partial charge < -0.3 is 14.1 Å². The van der Waals surface area contributed by atoms with E-state index in [1.165, 1.54) is 5.56 Å². The second-order valence-corrected chi connectivity index (χ2v) is 15.0. The molecule has 1 saturated heterocycles. The maximum Gasteiger partial charge on any atom is 0.410 e. The Morgan fingerprint density at radius 3 is 2.22 bits per heavy atom. The van der Waals surface area contributed by atoms with E-state index in [1.807, 2.05) is 43.9 Å². The number of carbonyl (C=O) groups is 1. The Morgan fingerprint density at radius 1 is 1.11 bits per heavy atom. The number of likely N-dealkylation sites (tertiary alicyclic amines) is 1. The SMILES string of the molecule is CC(C)(C)OC(=O)N1C[C@H](O[Si](C)(C)C(C)(C)C)C[C@H]1Cc1ccccc1. The van der Waals surface area contributed by atoms with Crippen molar-refractivity contribution in [2.45, 2.75) is 90.3 Å². The molecule has 0 spiro atoms. The molecule has 1 aliphatic heterocycles. The molecule has 1 aliphatic rings. The molecule has 0 bridgehead atoms. The quantitative estimate of drug-likeness (QED) is 0.624. The van der Waals surface area contributed by atoms with Crippen LogP contribution in [0.2, 0.25) is 18.1 Å². The Balaban J connectivity index is 2.16. The molecule has 0 aliphatic carbocycles. The molecule has 1 amide bonds. The van der Waals surface area contributed by atoms with Gasteiger partial charge in [-0.2, -0.15) is 0 Å². The number of amides is 1. The lowest BCUT2D eigenvalue weighted by atomic mass is 10.0. The van der Waals surface area contributed by atoms with Gasteiger partial charge in [-0.3, -0.25) is 0 Å². The predicted octanol–water partition coefficient (Wildman–Crippen LogP) is 5.63. The van der Waals surface area contributed by atoms with Crippen LogP contribution in [-0.4, -0.2) is 43.6 Å². The van der Waals surface area contributed by atoms with E-state index < -0.39 is 13.9 Å². The maximum absolute atomic E-state index is 12.8. The fraction of sp³-hybridized carbons (Fsp3) is 0.682. The van der Waals surface area contributed by atoms with Crippen LogP contribution >= 0.6 is 0 Å². The Bertz CT molecular complexity index is 631. The summed E-state index contributed by atoms with van der Waals surface area (Å²) in [5.74, 6) is 0. The Hall–Kier alpha value is -1.33. The average molecular weight is 392 g/mol. The summed E-state index contributed by atoms with van der Waals surface area (Å²) in [4.78, 5) is 14.7. The van der Waals surface area contributed by atoms with Crippen molar-refractivity contribution < 1.29 is 14.0 Å². The second kappa shape index (κ2) is 7.96. The number of carbonyl (C=O) groups excluding carboxylic acids is 1. The highest BCUT2D eigenvalue weighted by Crippen LogP contribution is 2.39. The van der Waals surface area contributed by atoms with Crippen LogP contribution in [0.1, 0.15) is 53.5 Å². The van der Waals surface area contributed by atoms with Crippen LogP contribution in [0, 0.1) is 0 Å². The van der Waals surface area contributed by atoms with Gasteiger partial charge in [0, 0.05) is 12.6 Å². The van der Waals surface area contributed by atoms with E-state index in [1.54, 1.807) is 0 Å². The van der Waals surface area contributed by atoms with Crippen molar-refractivity contribution in [3.05, 3.63) is 35.9 Å². The molecule has 1 heterocycles. The number of benzene rings is 1. The molecule has 27 heavy (non-hydrogen) atoms. The smallest absolute Gasteiger partial charge is 0.410 e. The van der Waals surface area contributed by atoms with Crippen LogP contribution in [0.5, 0.6) is 0 Å². The number of ether oxygens (including phenoxy) is 1. The third-order valence-corrected chi connectivity index (χ3v) is 10.1. The van der Waals surface area contributed by atoms with Crippen LogP contribution in [0.4, 0.5) is 4.79 Å². The molecular weight excluding hydrogens is 354 g/mol. The predicted molar refractivity (Wildman–Crippen MR) is 114 cm³/mol. The standard InChI is InChI=1S/C22H37NO3Si/c1-21(2,3)25-20(24)23-16-19(26-27(7,8)22(4,5)6)15-18(23)14-17-12-10-9-11-13-17/h9-13,18-19H,14-16H2,1-8H3/t18-,19-/m1/s1. The first-order valence-electron chi connectivity index (χ1n) is 10.00. The van der Waals surface area contributed by atoms with Gasteiger partial charge in [0.2, 0.25) is 0 Å². The van der Waals surface area contributed by atoms with Crippen LogP contribution < -0.4 is 0 Å². The van der Waals surface area contributed by atoms with Crippen molar-refractivity contribution in [1.82, 2.24) is 4.90 Å². The Kier molecular flexibility index (Phi) is 6.47. The summed E-state index contributed by atoms with van der Waals surface area (Å²) in [6.45, 7) is 17.7. The molecule has 1 aromatic rings. The molecule has 0 unspecified atom stereocenters. The van der Waals surface area contributed by atoms with Crippen molar-refractivity contribution in [3.63, 3.8) is 0 Å². The van der Waals surface area contributed by atoms with Gasteiger partial charge in [0.15, 0.2) is 8.32 Å². The van der Waals surface area contributed by atoms with Gasteiger partial charge in [-0.15, -0.1) is 0 Å². The Morgan fingerprint density at radius 2 is 1.70 bits per heavy atom. The molecule has 2 atom stereocenters. The van der Waals surface area contributed by atoms with Gasteiger partial charge in [-0.1, -0.05) is 51.1 Å². The van der Waals surface area contributed by atoms with Gasteiger partial charge in [0.1, 0.15) is 5.60 Å².